The molecule has 1 aromatic heterocycles. The Morgan fingerprint density at radius 3 is 2.62 bits per heavy atom. The minimum Gasteiger partial charge on any atom is -0.481 e. The standard InChI is InChI=1S/C16H20N2O3/c1-10(2)18(7-6-15(19)20)16(21)14-9-12-5-4-11(3)8-13(12)17-14/h4-5,8-10,17H,6-7H2,1-3H3,(H,19,20). The Labute approximate surface area is 123 Å². The van der Waals surface area contributed by atoms with E-state index in [9.17, 15) is 9.59 Å². The van der Waals surface area contributed by atoms with Crippen LogP contribution >= 0.6 is 0 Å². The number of aliphatic carboxylic acids is 1. The molecular weight excluding hydrogens is 268 g/mol. The van der Waals surface area contributed by atoms with Crippen molar-refractivity contribution < 1.29 is 14.7 Å². The van der Waals surface area contributed by atoms with E-state index in [1.807, 2.05) is 45.0 Å². The summed E-state index contributed by atoms with van der Waals surface area (Å²) in [5.74, 6) is -1.07. The number of nitrogens with one attached hydrogen (secondary N) is 1. The number of carbonyl (C=O) groups excluding carboxylic acids is 1. The van der Waals surface area contributed by atoms with Gasteiger partial charge in [-0.1, -0.05) is 12.1 Å². The Hall–Kier alpha value is -2.30. The second-order valence-corrected chi connectivity index (χ2v) is 5.51. The molecule has 5 heteroatoms. The molecule has 112 valence electrons. The van der Waals surface area contributed by atoms with Crippen molar-refractivity contribution in [2.45, 2.75) is 33.2 Å². The number of carbonyl (C=O) groups is 2. The van der Waals surface area contributed by atoms with E-state index in [0.717, 1.165) is 16.5 Å². The third-order valence-electron chi connectivity index (χ3n) is 3.46. The predicted molar refractivity (Wildman–Crippen MR) is 81.5 cm³/mol. The number of amides is 1. The molecule has 0 fully saturated rings. The molecule has 0 aliphatic carbocycles. The van der Waals surface area contributed by atoms with Crippen LogP contribution in [0.5, 0.6) is 0 Å². The first-order valence-corrected chi connectivity index (χ1v) is 7.00. The molecule has 2 aromatic rings. The number of fused-ring (bicyclic) bond motifs is 1. The number of rotatable bonds is 5. The molecule has 0 radical (unpaired) electrons. The molecule has 5 nitrogen and oxygen atoms in total. The van der Waals surface area contributed by atoms with Gasteiger partial charge in [0.1, 0.15) is 5.69 Å². The first kappa shape index (κ1) is 15.1. The van der Waals surface area contributed by atoms with Gasteiger partial charge in [-0.25, -0.2) is 0 Å². The highest BCUT2D eigenvalue weighted by Gasteiger charge is 2.21. The molecule has 1 heterocycles. The first-order chi connectivity index (χ1) is 9.88. The van der Waals surface area contributed by atoms with Crippen molar-refractivity contribution in [3.8, 4) is 0 Å². The lowest BCUT2D eigenvalue weighted by Crippen LogP contribution is -2.38. The number of aryl methyl sites for hydroxylation is 1. The van der Waals surface area contributed by atoms with Gasteiger partial charge >= 0.3 is 5.97 Å². The molecule has 1 amide bonds. The maximum absolute atomic E-state index is 12.6. The second-order valence-electron chi connectivity index (χ2n) is 5.51. The van der Waals surface area contributed by atoms with E-state index in [-0.39, 0.29) is 24.9 Å². The Morgan fingerprint density at radius 2 is 2.00 bits per heavy atom. The normalized spacial score (nSPS) is 11.0. The van der Waals surface area contributed by atoms with Gasteiger partial charge < -0.3 is 15.0 Å². The van der Waals surface area contributed by atoms with Crippen LogP contribution < -0.4 is 0 Å². The van der Waals surface area contributed by atoms with Gasteiger partial charge in [-0.3, -0.25) is 9.59 Å². The van der Waals surface area contributed by atoms with Crippen molar-refractivity contribution in [2.75, 3.05) is 6.54 Å². The van der Waals surface area contributed by atoms with E-state index >= 15 is 0 Å². The van der Waals surface area contributed by atoms with E-state index in [0.29, 0.717) is 5.69 Å². The summed E-state index contributed by atoms with van der Waals surface area (Å²) >= 11 is 0. The topological polar surface area (TPSA) is 73.4 Å². The number of aromatic amines is 1. The highest BCUT2D eigenvalue weighted by molar-refractivity contribution is 5.98. The first-order valence-electron chi connectivity index (χ1n) is 7.00. The van der Waals surface area contributed by atoms with Crippen LogP contribution in [0.1, 0.15) is 36.3 Å². The summed E-state index contributed by atoms with van der Waals surface area (Å²) in [5.41, 5.74) is 2.53. The van der Waals surface area contributed by atoms with Crippen LogP contribution in [0.3, 0.4) is 0 Å². The van der Waals surface area contributed by atoms with Gasteiger partial charge in [-0.15, -0.1) is 0 Å². The molecule has 21 heavy (non-hydrogen) atoms. The van der Waals surface area contributed by atoms with Crippen LogP contribution in [0.15, 0.2) is 24.3 Å². The third kappa shape index (κ3) is 3.42. The number of hydrogen-bond donors (Lipinski definition) is 2. The molecule has 0 unspecified atom stereocenters. The monoisotopic (exact) mass is 288 g/mol. The molecule has 0 spiro atoms. The number of benzene rings is 1. The van der Waals surface area contributed by atoms with Crippen LogP contribution in [0, 0.1) is 6.92 Å². The number of carboxylic acids is 1. The molecule has 0 bridgehead atoms. The van der Waals surface area contributed by atoms with Gasteiger partial charge in [-0.05, 0) is 38.5 Å². The molecule has 2 rings (SSSR count). The van der Waals surface area contributed by atoms with Gasteiger partial charge in [0.25, 0.3) is 5.91 Å². The summed E-state index contributed by atoms with van der Waals surface area (Å²) < 4.78 is 0. The Kier molecular flexibility index (Phi) is 4.31. The number of carboxylic acid groups (broad SMARTS) is 1. The number of aromatic nitrogens is 1. The highest BCUT2D eigenvalue weighted by Crippen LogP contribution is 2.18. The van der Waals surface area contributed by atoms with E-state index in [1.165, 1.54) is 0 Å². The van der Waals surface area contributed by atoms with E-state index in [4.69, 9.17) is 5.11 Å². The van der Waals surface area contributed by atoms with Gasteiger partial charge in [0.2, 0.25) is 0 Å². The van der Waals surface area contributed by atoms with Crippen LogP contribution in [-0.4, -0.2) is 39.5 Å². The Morgan fingerprint density at radius 1 is 1.29 bits per heavy atom. The molecule has 0 aliphatic heterocycles. The van der Waals surface area contributed by atoms with Crippen LogP contribution in [0.2, 0.25) is 0 Å². The second kappa shape index (κ2) is 5.99. The fraction of sp³-hybridized carbons (Fsp3) is 0.375. The van der Waals surface area contributed by atoms with Gasteiger partial charge in [0, 0.05) is 23.5 Å². The summed E-state index contributed by atoms with van der Waals surface area (Å²) in [4.78, 5) is 28.0. The third-order valence-corrected chi connectivity index (χ3v) is 3.46. The molecular formula is C16H20N2O3. The fourth-order valence-corrected chi connectivity index (χ4v) is 2.32. The average Bonchev–Trinajstić information content (AvgIpc) is 2.80. The highest BCUT2D eigenvalue weighted by atomic mass is 16.4. The Bertz CT molecular complexity index is 673. The lowest BCUT2D eigenvalue weighted by Gasteiger charge is -2.25. The maximum Gasteiger partial charge on any atom is 0.305 e. The largest absolute Gasteiger partial charge is 0.481 e. The average molecular weight is 288 g/mol. The van der Waals surface area contributed by atoms with Crippen molar-refractivity contribution in [1.82, 2.24) is 9.88 Å². The number of H-pyrrole nitrogens is 1. The summed E-state index contributed by atoms with van der Waals surface area (Å²) in [6.45, 7) is 5.97. The minimum absolute atomic E-state index is 0.0509. The molecule has 1 aromatic carbocycles. The van der Waals surface area contributed by atoms with E-state index < -0.39 is 5.97 Å². The van der Waals surface area contributed by atoms with Crippen LogP contribution in [0.4, 0.5) is 0 Å². The van der Waals surface area contributed by atoms with Crippen molar-refractivity contribution in [1.29, 1.82) is 0 Å². The molecule has 0 atom stereocenters. The van der Waals surface area contributed by atoms with E-state index in [2.05, 4.69) is 4.98 Å². The molecule has 0 aliphatic rings. The van der Waals surface area contributed by atoms with E-state index in [1.54, 1.807) is 4.90 Å². The zero-order valence-electron chi connectivity index (χ0n) is 12.5. The summed E-state index contributed by atoms with van der Waals surface area (Å²) in [7, 11) is 0. The predicted octanol–water partition coefficient (Wildman–Crippen LogP) is 2.80. The minimum atomic E-state index is -0.902. The molecule has 0 saturated carbocycles. The van der Waals surface area contributed by atoms with Gasteiger partial charge in [0.15, 0.2) is 0 Å². The summed E-state index contributed by atoms with van der Waals surface area (Å²) in [6.07, 6.45) is -0.0523. The molecule has 2 N–H and O–H groups in total. The Balaban J connectivity index is 2.27. The lowest BCUT2D eigenvalue weighted by atomic mass is 10.2. The van der Waals surface area contributed by atoms with Crippen molar-refractivity contribution >= 4 is 22.8 Å². The lowest BCUT2D eigenvalue weighted by molar-refractivity contribution is -0.137. The number of nitrogens with zero attached hydrogens (tertiary/aromatic N) is 1. The van der Waals surface area contributed by atoms with Crippen LogP contribution in [0.25, 0.3) is 10.9 Å². The zero-order chi connectivity index (χ0) is 15.6. The van der Waals surface area contributed by atoms with Gasteiger partial charge in [0.05, 0.1) is 6.42 Å². The fourth-order valence-electron chi connectivity index (χ4n) is 2.32. The zero-order valence-corrected chi connectivity index (χ0v) is 12.5. The van der Waals surface area contributed by atoms with Crippen molar-refractivity contribution in [2.24, 2.45) is 0 Å². The maximum atomic E-state index is 12.6. The van der Waals surface area contributed by atoms with Gasteiger partial charge in [-0.2, -0.15) is 0 Å². The summed E-state index contributed by atoms with van der Waals surface area (Å²) in [6, 6.07) is 7.71. The number of hydrogen-bond acceptors (Lipinski definition) is 2. The summed E-state index contributed by atoms with van der Waals surface area (Å²) in [5, 5.41) is 9.77. The van der Waals surface area contributed by atoms with Crippen LogP contribution in [-0.2, 0) is 4.79 Å². The SMILES string of the molecule is Cc1ccc2cc(C(=O)N(CCC(=O)O)C(C)C)[nH]c2c1. The van der Waals surface area contributed by atoms with Crippen molar-refractivity contribution in [3.05, 3.63) is 35.5 Å². The molecule has 0 saturated heterocycles. The smallest absolute Gasteiger partial charge is 0.305 e. The quantitative estimate of drug-likeness (QED) is 0.888. The van der Waals surface area contributed by atoms with Crippen molar-refractivity contribution in [3.63, 3.8) is 0 Å².